The van der Waals surface area contributed by atoms with E-state index in [1.165, 1.54) is 19.4 Å². The first kappa shape index (κ1) is 27.6. The van der Waals surface area contributed by atoms with Gasteiger partial charge < -0.3 is 29.4 Å². The van der Waals surface area contributed by atoms with Crippen molar-refractivity contribution in [3.8, 4) is 5.75 Å². The van der Waals surface area contributed by atoms with E-state index in [2.05, 4.69) is 20.6 Å². The van der Waals surface area contributed by atoms with Crippen molar-refractivity contribution >= 4 is 18.9 Å². The highest BCUT2D eigenvalue weighted by molar-refractivity contribution is 6.48. The highest BCUT2D eigenvalue weighted by atomic mass is 16.7. The van der Waals surface area contributed by atoms with Crippen LogP contribution in [-0.4, -0.2) is 72.4 Å². The molecule has 2 N–H and O–H groups in total. The maximum Gasteiger partial charge on any atom is 0.481 e. The normalized spacial score (nSPS) is 17.8. The number of rotatable bonds is 11. The summed E-state index contributed by atoms with van der Waals surface area (Å²) in [5.41, 5.74) is -0.993. The summed E-state index contributed by atoms with van der Waals surface area (Å²) in [6, 6.07) is 9.94. The lowest BCUT2D eigenvalue weighted by molar-refractivity contribution is -0.124. The van der Waals surface area contributed by atoms with Crippen molar-refractivity contribution in [2.45, 2.75) is 64.2 Å². The number of amides is 2. The van der Waals surface area contributed by atoms with E-state index < -0.39 is 42.1 Å². The third kappa shape index (κ3) is 7.02. The van der Waals surface area contributed by atoms with E-state index in [4.69, 9.17) is 18.8 Å². The Bertz CT molecular complexity index is 1020. The maximum absolute atomic E-state index is 13.3. The van der Waals surface area contributed by atoms with Crippen LogP contribution in [0.3, 0.4) is 0 Å². The van der Waals surface area contributed by atoms with Crippen molar-refractivity contribution in [2.75, 3.05) is 20.3 Å². The number of ether oxygens (including phenoxy) is 2. The van der Waals surface area contributed by atoms with Gasteiger partial charge in [0, 0.05) is 19.7 Å². The summed E-state index contributed by atoms with van der Waals surface area (Å²) in [4.78, 5) is 34.1. The van der Waals surface area contributed by atoms with Gasteiger partial charge in [0.05, 0.1) is 30.4 Å². The smallest absolute Gasteiger partial charge is 0.481 e. The summed E-state index contributed by atoms with van der Waals surface area (Å²) in [5.74, 6) is -0.302. The summed E-state index contributed by atoms with van der Waals surface area (Å²) in [6.45, 7) is 9.77. The maximum atomic E-state index is 13.3. The van der Waals surface area contributed by atoms with Crippen LogP contribution in [0.25, 0.3) is 0 Å². The first-order chi connectivity index (χ1) is 17.0. The third-order valence-corrected chi connectivity index (χ3v) is 6.33. The average molecular weight is 498 g/mol. The van der Waals surface area contributed by atoms with Gasteiger partial charge in [-0.15, -0.1) is 0 Å². The third-order valence-electron chi connectivity index (χ3n) is 6.33. The van der Waals surface area contributed by atoms with Gasteiger partial charge in [0.15, 0.2) is 0 Å². The van der Waals surface area contributed by atoms with Crippen LogP contribution < -0.4 is 15.4 Å². The summed E-state index contributed by atoms with van der Waals surface area (Å²) in [7, 11) is 0.752. The molecule has 2 heterocycles. The zero-order chi connectivity index (χ0) is 26.3. The molecule has 194 valence electrons. The molecule has 3 rings (SSSR count). The van der Waals surface area contributed by atoms with E-state index in [1.54, 1.807) is 6.92 Å². The number of nitrogens with one attached hydrogen (secondary N) is 2. The minimum absolute atomic E-state index is 0.0295. The fourth-order valence-corrected chi connectivity index (χ4v) is 3.60. The van der Waals surface area contributed by atoms with Gasteiger partial charge in [0.25, 0.3) is 5.91 Å². The van der Waals surface area contributed by atoms with Gasteiger partial charge in [-0.2, -0.15) is 0 Å². The molecule has 0 bridgehead atoms. The van der Waals surface area contributed by atoms with Gasteiger partial charge in [0.2, 0.25) is 5.91 Å². The van der Waals surface area contributed by atoms with Crippen LogP contribution in [0.4, 0.5) is 0 Å². The van der Waals surface area contributed by atoms with E-state index in [-0.39, 0.29) is 12.3 Å². The lowest BCUT2D eigenvalue weighted by Gasteiger charge is -2.32. The number of aryl methyl sites for hydroxylation is 1. The molecule has 1 aromatic carbocycles. The first-order valence-corrected chi connectivity index (χ1v) is 12.0. The highest BCUT2D eigenvalue weighted by Crippen LogP contribution is 2.37. The molecule has 0 aliphatic carbocycles. The Kier molecular flexibility index (Phi) is 9.05. The number of hydrogen-bond acceptors (Lipinski definition) is 8. The molecular weight excluding hydrogens is 463 g/mol. The number of nitrogens with zero attached hydrogens (tertiary/aromatic N) is 2. The Morgan fingerprint density at radius 2 is 1.72 bits per heavy atom. The molecular formula is C25H35BN4O6. The van der Waals surface area contributed by atoms with E-state index in [1.807, 2.05) is 58.0 Å². The van der Waals surface area contributed by atoms with Crippen LogP contribution in [0.2, 0.25) is 0 Å². The molecule has 0 unspecified atom stereocenters. The second-order valence-corrected chi connectivity index (χ2v) is 9.66. The van der Waals surface area contributed by atoms with Crippen LogP contribution in [0, 0.1) is 6.92 Å². The SMILES string of the molecule is COC[C@@H](NC(=O)c1ccnc(C)n1)C(=O)N[C@@H](CCOc1ccccc1)B1OC(C)(C)C(C)(C)O1. The second-order valence-electron chi connectivity index (χ2n) is 9.66. The Morgan fingerprint density at radius 3 is 2.33 bits per heavy atom. The molecule has 0 spiro atoms. The average Bonchev–Trinajstić information content (AvgIpc) is 3.05. The summed E-state index contributed by atoms with van der Waals surface area (Å²) in [5, 5.41) is 5.67. The van der Waals surface area contributed by atoms with Gasteiger partial charge in [-0.1, -0.05) is 18.2 Å². The monoisotopic (exact) mass is 498 g/mol. The molecule has 2 atom stereocenters. The molecule has 1 aliphatic rings. The lowest BCUT2D eigenvalue weighted by atomic mass is 9.76. The zero-order valence-corrected chi connectivity index (χ0v) is 21.7. The van der Waals surface area contributed by atoms with Crippen molar-refractivity contribution in [1.29, 1.82) is 0 Å². The first-order valence-electron chi connectivity index (χ1n) is 12.0. The number of carbonyl (C=O) groups excluding carboxylic acids is 2. The minimum atomic E-state index is -0.960. The van der Waals surface area contributed by atoms with Gasteiger partial charge in [0.1, 0.15) is 23.3 Å². The number of para-hydroxylation sites is 1. The molecule has 36 heavy (non-hydrogen) atoms. The van der Waals surface area contributed by atoms with Crippen molar-refractivity contribution < 1.29 is 28.4 Å². The predicted octanol–water partition coefficient (Wildman–Crippen LogP) is 2.12. The number of benzene rings is 1. The Balaban J connectivity index is 1.72. The Labute approximate surface area is 212 Å². The molecule has 1 aliphatic heterocycles. The number of carbonyl (C=O) groups is 2. The molecule has 0 saturated carbocycles. The summed E-state index contributed by atoms with van der Waals surface area (Å²) >= 11 is 0. The lowest BCUT2D eigenvalue weighted by Crippen LogP contribution is -2.56. The zero-order valence-electron chi connectivity index (χ0n) is 21.7. The molecule has 0 radical (unpaired) electrons. The van der Waals surface area contributed by atoms with Crippen molar-refractivity contribution in [3.63, 3.8) is 0 Å². The van der Waals surface area contributed by atoms with Gasteiger partial charge >= 0.3 is 7.12 Å². The molecule has 1 fully saturated rings. The van der Waals surface area contributed by atoms with Crippen molar-refractivity contribution in [1.82, 2.24) is 20.6 Å². The fourth-order valence-electron chi connectivity index (χ4n) is 3.60. The van der Waals surface area contributed by atoms with E-state index >= 15 is 0 Å². The molecule has 1 saturated heterocycles. The topological polar surface area (TPSA) is 121 Å². The summed E-state index contributed by atoms with van der Waals surface area (Å²) < 4.78 is 23.5. The molecule has 2 aromatic rings. The predicted molar refractivity (Wildman–Crippen MR) is 134 cm³/mol. The van der Waals surface area contributed by atoms with Gasteiger partial charge in [-0.25, -0.2) is 9.97 Å². The van der Waals surface area contributed by atoms with Crippen LogP contribution in [-0.2, 0) is 18.8 Å². The Hall–Kier alpha value is -3.02. The van der Waals surface area contributed by atoms with Crippen LogP contribution in [0.1, 0.15) is 50.4 Å². The van der Waals surface area contributed by atoms with Crippen LogP contribution >= 0.6 is 0 Å². The van der Waals surface area contributed by atoms with Crippen molar-refractivity contribution in [3.05, 3.63) is 54.1 Å². The standard InChI is InChI=1S/C25H35BN4O6/c1-17-27-14-12-19(28-17)22(31)29-20(16-33-6)23(32)30-21(13-15-34-18-10-8-7-9-11-18)26-35-24(2,3)25(4,5)36-26/h7-12,14,20-21H,13,15-16H2,1-6H3,(H,29,31)(H,30,32)/t20-,21+/m1/s1. The molecule has 11 heteroatoms. The van der Waals surface area contributed by atoms with Gasteiger partial charge in [-0.05, 0) is 52.8 Å². The number of hydrogen-bond donors (Lipinski definition) is 2. The number of aromatic nitrogens is 2. The second kappa shape index (κ2) is 11.8. The van der Waals surface area contributed by atoms with E-state index in [9.17, 15) is 9.59 Å². The Morgan fingerprint density at radius 1 is 1.06 bits per heavy atom. The quantitative estimate of drug-likeness (QED) is 0.452. The minimum Gasteiger partial charge on any atom is -0.494 e. The van der Waals surface area contributed by atoms with Gasteiger partial charge in [-0.3, -0.25) is 9.59 Å². The summed E-state index contributed by atoms with van der Waals surface area (Å²) in [6.07, 6.45) is 1.90. The van der Waals surface area contributed by atoms with E-state index in [0.717, 1.165) is 5.75 Å². The highest BCUT2D eigenvalue weighted by Gasteiger charge is 2.54. The molecule has 1 aromatic heterocycles. The molecule has 2 amide bonds. The van der Waals surface area contributed by atoms with Crippen molar-refractivity contribution in [2.24, 2.45) is 0 Å². The molecule has 10 nitrogen and oxygen atoms in total. The van der Waals surface area contributed by atoms with Crippen LogP contribution in [0.5, 0.6) is 5.75 Å². The largest absolute Gasteiger partial charge is 0.494 e. The van der Waals surface area contributed by atoms with E-state index in [0.29, 0.717) is 18.9 Å². The number of methoxy groups -OCH3 is 1. The van der Waals surface area contributed by atoms with Crippen LogP contribution in [0.15, 0.2) is 42.6 Å². The fraction of sp³-hybridized carbons (Fsp3) is 0.520.